The Balaban J connectivity index is 0.575. The minimum absolute atomic E-state index is 0.0192. The Morgan fingerprint density at radius 3 is 1.53 bits per heavy atom. The van der Waals surface area contributed by atoms with Crippen molar-refractivity contribution in [2.75, 3.05) is 145 Å². The van der Waals surface area contributed by atoms with E-state index in [9.17, 15) is 33.6 Å². The Kier molecular flexibility index (Phi) is 29.5. The predicted octanol–water partition coefficient (Wildman–Crippen LogP) is 5.89. The predicted molar refractivity (Wildman–Crippen MR) is 370 cm³/mol. The lowest BCUT2D eigenvalue weighted by Gasteiger charge is -2.24. The minimum atomic E-state index is -0.935. The molecule has 542 valence electrons. The smallest absolute Gasteiger partial charge is 0.260 e. The first kappa shape index (κ1) is 75.7. The fourth-order valence-corrected chi connectivity index (χ4v) is 11.4. The van der Waals surface area contributed by atoms with E-state index in [-0.39, 0.29) is 86.4 Å². The van der Waals surface area contributed by atoms with E-state index >= 15 is 0 Å². The van der Waals surface area contributed by atoms with Gasteiger partial charge in [-0.3, -0.25) is 48.4 Å². The van der Waals surface area contributed by atoms with Crippen molar-refractivity contribution in [3.8, 4) is 23.0 Å². The Labute approximate surface area is 583 Å². The maximum absolute atomic E-state index is 14.1. The number of amides is 7. The van der Waals surface area contributed by atoms with Gasteiger partial charge in [0, 0.05) is 93.3 Å². The van der Waals surface area contributed by atoms with Gasteiger partial charge in [-0.2, -0.15) is 0 Å². The van der Waals surface area contributed by atoms with Gasteiger partial charge >= 0.3 is 0 Å². The average molecular weight is 1390 g/mol. The van der Waals surface area contributed by atoms with E-state index < -0.39 is 23.9 Å². The van der Waals surface area contributed by atoms with Crippen LogP contribution in [-0.2, 0) is 61.9 Å². The number of nitrogens with zero attached hydrogens (tertiary/aromatic N) is 5. The molecule has 1 saturated carbocycles. The number of carbonyl (C=O) groups excluding carboxylic acids is 7. The zero-order chi connectivity index (χ0) is 70.8. The molecule has 28 nitrogen and oxygen atoms in total. The second kappa shape index (κ2) is 38.9. The number of aliphatic imine (C=N–C) groups is 2. The summed E-state index contributed by atoms with van der Waals surface area (Å²) in [7, 11) is 3.05. The third kappa shape index (κ3) is 22.3. The second-order valence-electron chi connectivity index (χ2n) is 25.0. The van der Waals surface area contributed by atoms with E-state index in [1.165, 1.54) is 49.7 Å². The van der Waals surface area contributed by atoms with Crippen LogP contribution >= 0.6 is 0 Å². The normalized spacial score (nSPS) is 17.6. The minimum Gasteiger partial charge on any atom is -0.493 e. The monoisotopic (exact) mass is 1390 g/mol. The van der Waals surface area contributed by atoms with Gasteiger partial charge in [0.1, 0.15) is 12.1 Å². The Hall–Kier alpha value is -8.45. The van der Waals surface area contributed by atoms with Crippen LogP contribution in [0.4, 0.5) is 17.1 Å². The fraction of sp³-hybridized carbons (Fsp3) is 0.542. The fourth-order valence-electron chi connectivity index (χ4n) is 11.4. The van der Waals surface area contributed by atoms with Crippen LogP contribution in [0.2, 0.25) is 0 Å². The van der Waals surface area contributed by atoms with Gasteiger partial charge in [0.05, 0.1) is 161 Å². The van der Waals surface area contributed by atoms with Gasteiger partial charge in [0.15, 0.2) is 23.0 Å². The summed E-state index contributed by atoms with van der Waals surface area (Å²) >= 11 is 0. The maximum Gasteiger partial charge on any atom is 0.260 e. The van der Waals surface area contributed by atoms with Crippen LogP contribution in [0.25, 0.3) is 5.57 Å². The molecule has 6 aliphatic rings. The lowest BCUT2D eigenvalue weighted by Crippen LogP contribution is -2.53. The number of fused-ring (bicyclic) bond motifs is 4. The summed E-state index contributed by atoms with van der Waals surface area (Å²) in [6, 6.07) is 11.5. The lowest BCUT2D eigenvalue weighted by atomic mass is 10.0. The Morgan fingerprint density at radius 1 is 0.560 bits per heavy atom. The van der Waals surface area contributed by atoms with Crippen molar-refractivity contribution in [2.24, 2.45) is 27.6 Å². The summed E-state index contributed by atoms with van der Waals surface area (Å²) in [5.41, 5.74) is 11.4. The first-order valence-electron chi connectivity index (χ1n) is 34.4. The number of hydrogen-bond donors (Lipinski definition) is 4. The SMILES string of the molecule is COc1cc2c(cc1OCCCOc1cc3c(cc1OC)C(=O)N1C=C(C4CC4)C[C@H]1C=N3)N=C[C@@H]1CC(c3ccc(NC(=O)[C@H](C)NC(=O)[C@H](NC(=O)CCOCCOCCOCCOCCOCCOCCOCCOCCC(N)CCN4C(=O)C=CC4=O)C(C)C)cc3)=CN1C2=O. The molecule has 5 atom stereocenters. The van der Waals surface area contributed by atoms with Crippen molar-refractivity contribution in [3.05, 3.63) is 95.3 Å². The van der Waals surface area contributed by atoms with Crippen LogP contribution in [-0.4, -0.2) is 238 Å². The van der Waals surface area contributed by atoms with E-state index in [1.807, 2.05) is 30.7 Å². The van der Waals surface area contributed by atoms with Crippen LogP contribution in [0, 0.1) is 11.8 Å². The molecule has 7 amide bonds. The van der Waals surface area contributed by atoms with E-state index in [2.05, 4.69) is 16.0 Å². The molecule has 9 rings (SSSR count). The molecule has 1 fully saturated rings. The highest BCUT2D eigenvalue weighted by Gasteiger charge is 2.39. The number of hydrogen-bond acceptors (Lipinski definition) is 22. The molecule has 3 aromatic rings. The van der Waals surface area contributed by atoms with Gasteiger partial charge in [-0.1, -0.05) is 26.0 Å². The van der Waals surface area contributed by atoms with Crippen molar-refractivity contribution in [1.29, 1.82) is 0 Å². The summed E-state index contributed by atoms with van der Waals surface area (Å²) in [6.45, 7) is 12.1. The maximum atomic E-state index is 14.1. The van der Waals surface area contributed by atoms with Crippen LogP contribution in [0.5, 0.6) is 23.0 Å². The van der Waals surface area contributed by atoms with Gasteiger partial charge in [0.2, 0.25) is 17.7 Å². The highest BCUT2D eigenvalue weighted by atomic mass is 16.6. The number of methoxy groups -OCH3 is 2. The number of benzene rings is 3. The molecule has 1 aliphatic carbocycles. The number of ether oxygens (including phenoxy) is 12. The van der Waals surface area contributed by atoms with Gasteiger partial charge in [-0.05, 0) is 91.8 Å². The molecule has 0 bridgehead atoms. The summed E-state index contributed by atoms with van der Waals surface area (Å²) in [5, 5.41) is 8.35. The van der Waals surface area contributed by atoms with Crippen molar-refractivity contribution in [2.45, 2.75) is 102 Å². The molecule has 5 aliphatic heterocycles. The molecular weight excluding hydrogens is 1290 g/mol. The van der Waals surface area contributed by atoms with E-state index in [0.717, 1.165) is 17.6 Å². The highest BCUT2D eigenvalue weighted by Crippen LogP contribution is 2.45. The zero-order valence-corrected chi connectivity index (χ0v) is 57.8. The summed E-state index contributed by atoms with van der Waals surface area (Å²) in [6.07, 6.45) is 15.2. The Bertz CT molecular complexity index is 3430. The first-order chi connectivity index (χ1) is 48.6. The largest absolute Gasteiger partial charge is 0.493 e. The third-order valence-electron chi connectivity index (χ3n) is 17.2. The lowest BCUT2D eigenvalue weighted by molar-refractivity contribution is -0.137. The zero-order valence-electron chi connectivity index (χ0n) is 57.8. The first-order valence-corrected chi connectivity index (χ1v) is 34.4. The molecular formula is C72H95N9O19. The quantitative estimate of drug-likeness (QED) is 0.0378. The van der Waals surface area contributed by atoms with Crippen LogP contribution < -0.4 is 40.6 Å². The van der Waals surface area contributed by atoms with Crippen molar-refractivity contribution < 1.29 is 90.4 Å². The molecule has 0 radical (unpaired) electrons. The topological polar surface area (TPSA) is 327 Å². The molecule has 0 spiro atoms. The molecule has 3 aromatic carbocycles. The molecule has 28 heteroatoms. The van der Waals surface area contributed by atoms with Crippen LogP contribution in [0.15, 0.2) is 88.6 Å². The number of carbonyl (C=O) groups is 7. The van der Waals surface area contributed by atoms with Crippen molar-refractivity contribution >= 4 is 76.4 Å². The van der Waals surface area contributed by atoms with Gasteiger partial charge in [0.25, 0.3) is 23.6 Å². The molecule has 5 N–H and O–H groups in total. The number of nitrogens with two attached hydrogens (primary N) is 1. The van der Waals surface area contributed by atoms with Crippen molar-refractivity contribution in [3.63, 3.8) is 0 Å². The van der Waals surface area contributed by atoms with Crippen LogP contribution in [0.1, 0.15) is 98.4 Å². The Morgan fingerprint density at radius 2 is 1.04 bits per heavy atom. The van der Waals surface area contributed by atoms with E-state index in [1.54, 1.807) is 73.2 Å². The molecule has 0 saturated heterocycles. The number of imide groups is 1. The average Bonchev–Trinajstić information content (AvgIpc) is 1.62. The van der Waals surface area contributed by atoms with Gasteiger partial charge in [-0.15, -0.1) is 0 Å². The van der Waals surface area contributed by atoms with Gasteiger partial charge in [-0.25, -0.2) is 0 Å². The third-order valence-corrected chi connectivity index (χ3v) is 17.2. The summed E-state index contributed by atoms with van der Waals surface area (Å²) in [5.74, 6) is -0.300. The second-order valence-corrected chi connectivity index (χ2v) is 25.0. The molecule has 1 unspecified atom stereocenters. The van der Waals surface area contributed by atoms with Gasteiger partial charge < -0.3 is 88.3 Å². The van der Waals surface area contributed by atoms with E-state index in [4.69, 9.17) is 72.6 Å². The number of anilines is 1. The number of nitrogens with one attached hydrogen (secondary N) is 3. The van der Waals surface area contributed by atoms with E-state index in [0.29, 0.717) is 182 Å². The molecule has 100 heavy (non-hydrogen) atoms. The molecule has 5 heterocycles. The highest BCUT2D eigenvalue weighted by molar-refractivity contribution is 6.13. The summed E-state index contributed by atoms with van der Waals surface area (Å²) < 4.78 is 68.0. The standard InChI is InChI=1S/C72H95N9O19/c1-47(2)68(78-65(82)17-22-92-24-26-94-28-30-96-32-34-98-36-35-97-33-31-95-29-27-93-25-23-91-21-16-53(73)15-18-79-66(83)13-14-67(79)84)70(86)76-48(3)69(85)77-54-11-9-50(10-12-54)52-38-56-44-75-60-42-64(62(90-5)40-58(60)72(88)81(56)46-52)100-20-6-19-99-63-41-59-57(39-61(63)89-4)71(87)80-45-51(49-7-8-49)37-55(80)43-74-59/h9-14,39-49,53,55-56,68H,6-8,15-38,73H2,1-5H3,(H,76,86)(H,77,85)(H,78,82)/t48-,53?,55-,56-,68+/m0/s1. The summed E-state index contributed by atoms with van der Waals surface area (Å²) in [4.78, 5) is 105. The number of rotatable bonds is 46. The van der Waals surface area contributed by atoms with Crippen molar-refractivity contribution in [1.82, 2.24) is 25.3 Å². The van der Waals surface area contributed by atoms with Crippen LogP contribution in [0.3, 0.4) is 0 Å². The molecule has 0 aromatic heterocycles.